The summed E-state index contributed by atoms with van der Waals surface area (Å²) in [6, 6.07) is 5.57. The van der Waals surface area contributed by atoms with Crippen molar-refractivity contribution < 1.29 is 9.18 Å². The molecular weight excluding hydrogens is 283 g/mol. The smallest absolute Gasteiger partial charge is 0.258 e. The van der Waals surface area contributed by atoms with Crippen LogP contribution in [0.3, 0.4) is 0 Å². The topological polar surface area (TPSA) is 66.9 Å². The maximum atomic E-state index is 12.8. The Hall–Kier alpha value is -2.50. The maximum absolute atomic E-state index is 12.8. The molecule has 0 aliphatic carbocycles. The molecule has 0 aliphatic rings. The zero-order valence-corrected chi connectivity index (χ0v) is 12.5. The van der Waals surface area contributed by atoms with Gasteiger partial charge in [0, 0.05) is 24.6 Å². The van der Waals surface area contributed by atoms with Gasteiger partial charge in [-0.3, -0.25) is 4.79 Å². The van der Waals surface area contributed by atoms with E-state index in [0.717, 1.165) is 25.8 Å². The van der Waals surface area contributed by atoms with E-state index in [9.17, 15) is 9.18 Å². The van der Waals surface area contributed by atoms with Crippen LogP contribution < -0.4 is 10.6 Å². The first-order chi connectivity index (χ1) is 10.7. The molecule has 0 radical (unpaired) electrons. The van der Waals surface area contributed by atoms with Gasteiger partial charge in [0.25, 0.3) is 5.91 Å². The molecule has 1 aromatic heterocycles. The molecule has 0 saturated heterocycles. The molecule has 1 heterocycles. The molecule has 0 unspecified atom stereocenters. The van der Waals surface area contributed by atoms with E-state index in [1.54, 1.807) is 0 Å². The Balaban J connectivity index is 1.89. The fourth-order valence-electron chi connectivity index (χ4n) is 1.85. The molecule has 1 aromatic carbocycles. The van der Waals surface area contributed by atoms with Gasteiger partial charge in [-0.05, 0) is 30.7 Å². The summed E-state index contributed by atoms with van der Waals surface area (Å²) in [6.45, 7) is 2.96. The summed E-state index contributed by atoms with van der Waals surface area (Å²) in [7, 11) is 0. The number of amides is 1. The first-order valence-corrected chi connectivity index (χ1v) is 7.32. The van der Waals surface area contributed by atoms with Crippen molar-refractivity contribution in [3.05, 3.63) is 48.0 Å². The Morgan fingerprint density at radius 1 is 1.14 bits per heavy atom. The molecular formula is C16H19FN4O. The minimum atomic E-state index is -0.347. The van der Waals surface area contributed by atoms with Gasteiger partial charge in [-0.1, -0.05) is 19.8 Å². The van der Waals surface area contributed by atoms with E-state index in [0.29, 0.717) is 17.2 Å². The van der Waals surface area contributed by atoms with E-state index in [4.69, 9.17) is 0 Å². The first-order valence-electron chi connectivity index (χ1n) is 7.32. The Morgan fingerprint density at radius 2 is 1.82 bits per heavy atom. The van der Waals surface area contributed by atoms with E-state index in [-0.39, 0.29) is 11.7 Å². The Morgan fingerprint density at radius 3 is 2.45 bits per heavy atom. The van der Waals surface area contributed by atoms with Crippen LogP contribution in [0.15, 0.2) is 36.7 Å². The van der Waals surface area contributed by atoms with Crippen LogP contribution >= 0.6 is 0 Å². The molecule has 0 fully saturated rings. The Kier molecular flexibility index (Phi) is 5.82. The number of carbonyl (C=O) groups is 1. The van der Waals surface area contributed by atoms with Crippen LogP contribution in [0, 0.1) is 5.82 Å². The highest BCUT2D eigenvalue weighted by Crippen LogP contribution is 2.10. The highest BCUT2D eigenvalue weighted by molar-refractivity contribution is 6.03. The van der Waals surface area contributed by atoms with Crippen LogP contribution in [0.2, 0.25) is 0 Å². The van der Waals surface area contributed by atoms with Crippen molar-refractivity contribution in [3.63, 3.8) is 0 Å². The number of aromatic nitrogens is 2. The highest BCUT2D eigenvalue weighted by atomic mass is 19.1. The van der Waals surface area contributed by atoms with Crippen LogP contribution in [0.4, 0.5) is 16.0 Å². The molecule has 0 spiro atoms. The number of unbranched alkanes of at least 4 members (excludes halogenated alkanes) is 2. The van der Waals surface area contributed by atoms with Crippen molar-refractivity contribution in [3.8, 4) is 0 Å². The van der Waals surface area contributed by atoms with E-state index in [1.807, 2.05) is 0 Å². The minimum Gasteiger partial charge on any atom is -0.354 e. The van der Waals surface area contributed by atoms with E-state index < -0.39 is 0 Å². The number of rotatable bonds is 7. The van der Waals surface area contributed by atoms with Gasteiger partial charge in [-0.25, -0.2) is 14.4 Å². The predicted molar refractivity (Wildman–Crippen MR) is 84.4 cm³/mol. The van der Waals surface area contributed by atoms with Crippen molar-refractivity contribution in [2.45, 2.75) is 26.2 Å². The first kappa shape index (κ1) is 15.9. The summed E-state index contributed by atoms with van der Waals surface area (Å²) in [5.41, 5.74) is 0.872. The molecule has 2 aromatic rings. The maximum Gasteiger partial charge on any atom is 0.258 e. The third-order valence-electron chi connectivity index (χ3n) is 3.08. The lowest BCUT2D eigenvalue weighted by Gasteiger charge is -2.06. The monoisotopic (exact) mass is 302 g/mol. The third kappa shape index (κ3) is 4.80. The second kappa shape index (κ2) is 8.07. The van der Waals surface area contributed by atoms with Gasteiger partial charge in [0.15, 0.2) is 0 Å². The fourth-order valence-corrected chi connectivity index (χ4v) is 1.85. The van der Waals surface area contributed by atoms with Gasteiger partial charge in [-0.2, -0.15) is 0 Å². The molecule has 0 bridgehead atoms. The zero-order valence-electron chi connectivity index (χ0n) is 12.5. The average molecular weight is 302 g/mol. The number of halogens is 1. The molecule has 0 atom stereocenters. The fraction of sp³-hybridized carbons (Fsp3) is 0.312. The number of carbonyl (C=O) groups excluding carboxylic acids is 1. The van der Waals surface area contributed by atoms with Crippen LogP contribution in [0.5, 0.6) is 0 Å². The molecule has 0 aliphatic heterocycles. The van der Waals surface area contributed by atoms with E-state index in [1.165, 1.54) is 36.7 Å². The second-order valence-corrected chi connectivity index (χ2v) is 4.89. The summed E-state index contributed by atoms with van der Waals surface area (Å²) < 4.78 is 12.8. The number of nitrogens with one attached hydrogen (secondary N) is 2. The lowest BCUT2D eigenvalue weighted by Crippen LogP contribution is -2.13. The predicted octanol–water partition coefficient (Wildman–Crippen LogP) is 3.47. The summed E-state index contributed by atoms with van der Waals surface area (Å²) in [5.74, 6) is -0.168. The van der Waals surface area contributed by atoms with Gasteiger partial charge < -0.3 is 10.6 Å². The quantitative estimate of drug-likeness (QED) is 0.769. The van der Waals surface area contributed by atoms with E-state index in [2.05, 4.69) is 27.5 Å². The van der Waals surface area contributed by atoms with Gasteiger partial charge in [0.2, 0.25) is 5.95 Å². The van der Waals surface area contributed by atoms with Crippen LogP contribution in [-0.2, 0) is 0 Å². The lowest BCUT2D eigenvalue weighted by molar-refractivity contribution is 0.102. The highest BCUT2D eigenvalue weighted by Gasteiger charge is 2.07. The van der Waals surface area contributed by atoms with Crippen molar-refractivity contribution in [2.24, 2.45) is 0 Å². The number of benzene rings is 1. The van der Waals surface area contributed by atoms with Crippen molar-refractivity contribution in [1.82, 2.24) is 9.97 Å². The van der Waals surface area contributed by atoms with Gasteiger partial charge >= 0.3 is 0 Å². The Bertz CT molecular complexity index is 599. The van der Waals surface area contributed by atoms with Crippen molar-refractivity contribution >= 4 is 17.5 Å². The van der Waals surface area contributed by atoms with Crippen LogP contribution in [-0.4, -0.2) is 22.4 Å². The SMILES string of the molecule is CCCCCNc1ncc(C(=O)Nc2ccc(F)cc2)cn1. The normalized spacial score (nSPS) is 10.3. The van der Waals surface area contributed by atoms with Gasteiger partial charge in [0.1, 0.15) is 5.82 Å². The van der Waals surface area contributed by atoms with Crippen molar-refractivity contribution in [2.75, 3.05) is 17.2 Å². The second-order valence-electron chi connectivity index (χ2n) is 4.89. The van der Waals surface area contributed by atoms with Crippen LogP contribution in [0.1, 0.15) is 36.5 Å². The summed E-state index contributed by atoms with van der Waals surface area (Å²) in [5, 5.41) is 5.76. The summed E-state index contributed by atoms with van der Waals surface area (Å²) in [4.78, 5) is 20.2. The largest absolute Gasteiger partial charge is 0.354 e. The van der Waals surface area contributed by atoms with Crippen molar-refractivity contribution in [1.29, 1.82) is 0 Å². The molecule has 2 rings (SSSR count). The number of anilines is 2. The molecule has 2 N–H and O–H groups in total. The van der Waals surface area contributed by atoms with E-state index >= 15 is 0 Å². The molecule has 6 heteroatoms. The summed E-state index contributed by atoms with van der Waals surface area (Å²) in [6.07, 6.45) is 6.31. The van der Waals surface area contributed by atoms with Gasteiger partial charge in [-0.15, -0.1) is 0 Å². The van der Waals surface area contributed by atoms with Crippen LogP contribution in [0.25, 0.3) is 0 Å². The lowest BCUT2D eigenvalue weighted by atomic mass is 10.2. The average Bonchev–Trinajstić information content (AvgIpc) is 2.54. The molecule has 22 heavy (non-hydrogen) atoms. The minimum absolute atomic E-state index is 0.329. The molecule has 1 amide bonds. The third-order valence-corrected chi connectivity index (χ3v) is 3.08. The zero-order chi connectivity index (χ0) is 15.8. The number of hydrogen-bond donors (Lipinski definition) is 2. The number of hydrogen-bond acceptors (Lipinski definition) is 4. The standard InChI is InChI=1S/C16H19FN4O/c1-2-3-4-9-18-16-19-10-12(11-20-16)15(22)21-14-7-5-13(17)6-8-14/h5-8,10-11H,2-4,9H2,1H3,(H,21,22)(H,18,19,20). The molecule has 5 nitrogen and oxygen atoms in total. The summed E-state index contributed by atoms with van der Waals surface area (Å²) >= 11 is 0. The molecule has 116 valence electrons. The van der Waals surface area contributed by atoms with Gasteiger partial charge in [0.05, 0.1) is 5.56 Å². The number of nitrogens with zero attached hydrogens (tertiary/aromatic N) is 2. The molecule has 0 saturated carbocycles. The Labute approximate surface area is 129 Å².